The lowest BCUT2D eigenvalue weighted by Gasteiger charge is -2.12. The van der Waals surface area contributed by atoms with Crippen LogP contribution in [0.2, 0.25) is 0 Å². The molecule has 6 nitrogen and oxygen atoms in total. The van der Waals surface area contributed by atoms with Gasteiger partial charge in [-0.25, -0.2) is 12.8 Å². The molecule has 0 aromatic heterocycles. The first-order valence-corrected chi connectivity index (χ1v) is 9.89. The minimum atomic E-state index is -3.18. The number of guanidine groups is 1. The molecule has 0 aliphatic heterocycles. The predicted octanol–water partition coefficient (Wildman–Crippen LogP) is 1.84. The van der Waals surface area contributed by atoms with Crippen molar-refractivity contribution in [1.29, 1.82) is 0 Å². The third kappa shape index (κ3) is 5.73. The number of aromatic hydroxyl groups is 1. The van der Waals surface area contributed by atoms with Crippen LogP contribution in [0.4, 0.5) is 4.39 Å². The molecule has 140 valence electrons. The van der Waals surface area contributed by atoms with Gasteiger partial charge in [0.2, 0.25) is 0 Å². The van der Waals surface area contributed by atoms with E-state index >= 15 is 0 Å². The summed E-state index contributed by atoms with van der Waals surface area (Å²) in [4.78, 5) is 4.39. The van der Waals surface area contributed by atoms with Crippen molar-refractivity contribution in [2.75, 3.05) is 19.8 Å². The fourth-order valence-corrected chi connectivity index (χ4v) is 2.93. The van der Waals surface area contributed by atoms with E-state index in [0.717, 1.165) is 5.56 Å². The van der Waals surface area contributed by atoms with Crippen LogP contribution < -0.4 is 10.6 Å². The molecule has 0 fully saturated rings. The summed E-state index contributed by atoms with van der Waals surface area (Å²) in [5, 5.41) is 15.4. The van der Waals surface area contributed by atoms with Crippen molar-refractivity contribution >= 4 is 15.8 Å². The molecule has 8 heteroatoms. The lowest BCUT2D eigenvalue weighted by Crippen LogP contribution is -2.37. The highest BCUT2D eigenvalue weighted by atomic mass is 32.2. The molecule has 0 aliphatic carbocycles. The first-order chi connectivity index (χ1) is 12.3. The van der Waals surface area contributed by atoms with Crippen molar-refractivity contribution < 1.29 is 17.9 Å². The molecular weight excluding hydrogens is 357 g/mol. The van der Waals surface area contributed by atoms with Gasteiger partial charge in [-0.2, -0.15) is 0 Å². The van der Waals surface area contributed by atoms with Crippen molar-refractivity contribution in [2.24, 2.45) is 4.99 Å². The van der Waals surface area contributed by atoms with Gasteiger partial charge in [-0.3, -0.25) is 4.99 Å². The molecule has 0 aliphatic rings. The second-order valence-corrected chi connectivity index (χ2v) is 7.82. The summed E-state index contributed by atoms with van der Waals surface area (Å²) < 4.78 is 36.2. The molecule has 26 heavy (non-hydrogen) atoms. The maximum atomic E-state index is 13.3. The van der Waals surface area contributed by atoms with Gasteiger partial charge in [-0.05, 0) is 41.8 Å². The SMILES string of the molecule is CN=C(NCCc1ccc(S(C)(=O)=O)cc1)NCc1ccc(O)c(F)c1. The summed E-state index contributed by atoms with van der Waals surface area (Å²) in [7, 11) is -1.55. The van der Waals surface area contributed by atoms with E-state index in [-0.39, 0.29) is 5.75 Å². The van der Waals surface area contributed by atoms with E-state index in [1.54, 1.807) is 37.4 Å². The average molecular weight is 379 g/mol. The number of hydrogen-bond acceptors (Lipinski definition) is 4. The normalized spacial score (nSPS) is 12.0. The van der Waals surface area contributed by atoms with Gasteiger partial charge < -0.3 is 15.7 Å². The van der Waals surface area contributed by atoms with Crippen molar-refractivity contribution in [3.05, 3.63) is 59.4 Å². The van der Waals surface area contributed by atoms with E-state index in [1.807, 2.05) is 0 Å². The third-order valence-corrected chi connectivity index (χ3v) is 4.88. The number of aliphatic imine (C=N–C) groups is 1. The van der Waals surface area contributed by atoms with Crippen molar-refractivity contribution in [3.8, 4) is 5.75 Å². The van der Waals surface area contributed by atoms with Crippen molar-refractivity contribution in [1.82, 2.24) is 10.6 Å². The Bertz CT molecular complexity index is 881. The molecule has 0 amide bonds. The van der Waals surface area contributed by atoms with Gasteiger partial charge >= 0.3 is 0 Å². The van der Waals surface area contributed by atoms with E-state index < -0.39 is 15.7 Å². The summed E-state index contributed by atoms with van der Waals surface area (Å²) in [6.45, 7) is 0.960. The zero-order chi connectivity index (χ0) is 19.2. The fourth-order valence-electron chi connectivity index (χ4n) is 2.30. The monoisotopic (exact) mass is 379 g/mol. The maximum Gasteiger partial charge on any atom is 0.191 e. The summed E-state index contributed by atoms with van der Waals surface area (Å²) in [6.07, 6.45) is 1.87. The average Bonchev–Trinajstić information content (AvgIpc) is 2.60. The number of halogens is 1. The van der Waals surface area contributed by atoms with Crippen LogP contribution in [0, 0.1) is 5.82 Å². The summed E-state index contributed by atoms with van der Waals surface area (Å²) in [5.74, 6) is -0.478. The molecule has 2 rings (SSSR count). The molecule has 0 bridgehead atoms. The summed E-state index contributed by atoms with van der Waals surface area (Å²) in [5.41, 5.74) is 1.68. The highest BCUT2D eigenvalue weighted by molar-refractivity contribution is 7.90. The molecule has 0 atom stereocenters. The molecule has 3 N–H and O–H groups in total. The quantitative estimate of drug-likeness (QED) is 0.526. The Hall–Kier alpha value is -2.61. The van der Waals surface area contributed by atoms with Gasteiger partial charge in [0.15, 0.2) is 27.4 Å². The van der Waals surface area contributed by atoms with Crippen LogP contribution in [0.25, 0.3) is 0 Å². The van der Waals surface area contributed by atoms with Gasteiger partial charge in [-0.15, -0.1) is 0 Å². The number of sulfone groups is 1. The number of rotatable bonds is 6. The highest BCUT2D eigenvalue weighted by Gasteiger charge is 2.06. The Labute approximate surface area is 152 Å². The molecule has 2 aromatic carbocycles. The Morgan fingerprint density at radius 3 is 2.35 bits per heavy atom. The van der Waals surface area contributed by atoms with Gasteiger partial charge in [0.1, 0.15) is 0 Å². The highest BCUT2D eigenvalue weighted by Crippen LogP contribution is 2.15. The van der Waals surface area contributed by atoms with Gasteiger partial charge in [-0.1, -0.05) is 18.2 Å². The van der Waals surface area contributed by atoms with Gasteiger partial charge in [0.05, 0.1) is 4.90 Å². The number of nitrogens with zero attached hydrogens (tertiary/aromatic N) is 1. The Balaban J connectivity index is 1.82. The van der Waals surface area contributed by atoms with Crippen molar-refractivity contribution in [3.63, 3.8) is 0 Å². The topological polar surface area (TPSA) is 90.8 Å². The molecule has 0 saturated carbocycles. The third-order valence-electron chi connectivity index (χ3n) is 3.75. The van der Waals surface area contributed by atoms with E-state index in [1.165, 1.54) is 18.4 Å². The minimum Gasteiger partial charge on any atom is -0.505 e. The first-order valence-electron chi connectivity index (χ1n) is 8.00. The van der Waals surface area contributed by atoms with Crippen molar-refractivity contribution in [2.45, 2.75) is 17.9 Å². The van der Waals surface area contributed by atoms with Crippen LogP contribution in [-0.4, -0.2) is 39.3 Å². The van der Waals surface area contributed by atoms with E-state index in [9.17, 15) is 17.9 Å². The zero-order valence-corrected chi connectivity index (χ0v) is 15.5. The fraction of sp³-hybridized carbons (Fsp3) is 0.278. The number of nitrogens with one attached hydrogen (secondary N) is 2. The summed E-state index contributed by atoms with van der Waals surface area (Å²) in [6, 6.07) is 11.0. The standard InChI is InChI=1S/C18H22FN3O3S/c1-20-18(22-12-14-5-8-17(23)16(19)11-14)21-10-9-13-3-6-15(7-4-13)26(2,24)25/h3-8,11,23H,9-10,12H2,1-2H3,(H2,20,21,22). The summed E-state index contributed by atoms with van der Waals surface area (Å²) >= 11 is 0. The Morgan fingerprint density at radius 1 is 1.12 bits per heavy atom. The molecule has 0 heterocycles. The Morgan fingerprint density at radius 2 is 1.77 bits per heavy atom. The number of hydrogen-bond donors (Lipinski definition) is 3. The largest absolute Gasteiger partial charge is 0.505 e. The van der Waals surface area contributed by atoms with Crippen LogP contribution in [0.15, 0.2) is 52.4 Å². The molecule has 0 unspecified atom stereocenters. The predicted molar refractivity (Wildman–Crippen MR) is 99.5 cm³/mol. The van der Waals surface area contributed by atoms with Crippen LogP contribution in [0.5, 0.6) is 5.75 Å². The maximum absolute atomic E-state index is 13.3. The smallest absolute Gasteiger partial charge is 0.191 e. The molecule has 0 saturated heterocycles. The van der Waals surface area contributed by atoms with Crippen LogP contribution >= 0.6 is 0 Å². The van der Waals surface area contributed by atoms with Crippen LogP contribution in [0.3, 0.4) is 0 Å². The molecule has 0 radical (unpaired) electrons. The second-order valence-electron chi connectivity index (χ2n) is 5.80. The molecular formula is C18H22FN3O3S. The zero-order valence-electron chi connectivity index (χ0n) is 14.7. The number of benzene rings is 2. The first kappa shape index (κ1) is 19.7. The number of phenols is 1. The number of phenolic OH excluding ortho intramolecular Hbond substituents is 1. The second kappa shape index (κ2) is 8.66. The van der Waals surface area contributed by atoms with Crippen LogP contribution in [0.1, 0.15) is 11.1 Å². The van der Waals surface area contributed by atoms with E-state index in [0.29, 0.717) is 35.9 Å². The molecule has 2 aromatic rings. The van der Waals surface area contributed by atoms with Gasteiger partial charge in [0.25, 0.3) is 0 Å². The van der Waals surface area contributed by atoms with E-state index in [4.69, 9.17) is 0 Å². The minimum absolute atomic E-state index is 0.299. The lowest BCUT2D eigenvalue weighted by atomic mass is 10.1. The lowest BCUT2D eigenvalue weighted by molar-refractivity contribution is 0.431. The Kier molecular flexibility index (Phi) is 6.57. The van der Waals surface area contributed by atoms with E-state index in [2.05, 4.69) is 15.6 Å². The van der Waals surface area contributed by atoms with Crippen LogP contribution in [-0.2, 0) is 22.8 Å². The molecule has 0 spiro atoms. The van der Waals surface area contributed by atoms with Gasteiger partial charge in [0, 0.05) is 26.4 Å².